The summed E-state index contributed by atoms with van der Waals surface area (Å²) in [5.74, 6) is 0. The molecule has 0 aromatic rings. The summed E-state index contributed by atoms with van der Waals surface area (Å²) in [6.45, 7) is 3.46. The van der Waals surface area contributed by atoms with Crippen LogP contribution in [0.4, 0.5) is 0 Å². The summed E-state index contributed by atoms with van der Waals surface area (Å²) in [5.41, 5.74) is 0. The normalized spacial score (nSPS) is 4.80. The van der Waals surface area contributed by atoms with Crippen LogP contribution in [0, 0.1) is 0 Å². The predicted molar refractivity (Wildman–Crippen MR) is 21.9 cm³/mol. The Bertz CT molecular complexity index is 24.8. The van der Waals surface area contributed by atoms with Gasteiger partial charge in [0.15, 0.2) is 0 Å². The van der Waals surface area contributed by atoms with Crippen LogP contribution in [0.3, 0.4) is 0 Å². The van der Waals surface area contributed by atoms with Crippen LogP contribution in [0.1, 0.15) is 1.43 Å². The minimum Gasteiger partial charge on any atom is -1.00 e. The standard InChI is InChI=1S/C3H5.Al.K.H/c1-3-2;;;/h3H,1-2H2;;;/q;;+1;-1. The molecule has 5 heavy (non-hydrogen) atoms. The van der Waals surface area contributed by atoms with E-state index in [4.69, 9.17) is 0 Å². The first-order valence-electron chi connectivity index (χ1n) is 1.22. The Balaban J connectivity index is -0.0000000450. The van der Waals surface area contributed by atoms with E-state index in [2.05, 4.69) is 22.9 Å². The molecule has 0 fully saturated rings. The van der Waals surface area contributed by atoms with Gasteiger partial charge in [-0.05, 0) is 0 Å². The van der Waals surface area contributed by atoms with Gasteiger partial charge in [-0.3, -0.25) is 0 Å². The zero-order chi connectivity index (χ0) is 3.41. The molecule has 0 aromatic heterocycles. The van der Waals surface area contributed by atoms with Crippen molar-refractivity contribution >= 4 is 16.3 Å². The van der Waals surface area contributed by atoms with E-state index >= 15 is 0 Å². The van der Waals surface area contributed by atoms with Gasteiger partial charge < -0.3 is 1.43 Å². The van der Waals surface area contributed by atoms with Crippen LogP contribution >= 0.6 is 0 Å². The largest absolute Gasteiger partial charge is 1.00 e. The molecule has 0 heterocycles. The third kappa shape index (κ3) is 10.7. The molecule has 0 aliphatic heterocycles. The maximum Gasteiger partial charge on any atom is 1.00 e. The average Bonchev–Trinajstić information content (AvgIpc) is 1.37. The Labute approximate surface area is 85.3 Å². The summed E-state index contributed by atoms with van der Waals surface area (Å²) in [7, 11) is 0. The van der Waals surface area contributed by atoms with E-state index in [1.165, 1.54) is 0 Å². The first-order chi connectivity index (χ1) is 1.91. The summed E-state index contributed by atoms with van der Waals surface area (Å²) in [5, 5.41) is 1.00. The van der Waals surface area contributed by atoms with E-state index in [1.54, 1.807) is 0 Å². The second-order valence-electron chi connectivity index (χ2n) is 0.524. The summed E-state index contributed by atoms with van der Waals surface area (Å²) in [6, 6.07) is 0. The van der Waals surface area contributed by atoms with Crippen molar-refractivity contribution < 1.29 is 52.8 Å². The number of hydrogen-bond donors (Lipinski definition) is 0. The molecule has 0 rings (SSSR count). The molecule has 2 heteroatoms. The van der Waals surface area contributed by atoms with Gasteiger partial charge in [0.25, 0.3) is 0 Å². The van der Waals surface area contributed by atoms with E-state index in [1.807, 2.05) is 6.08 Å². The molecule has 0 spiro atoms. The first kappa shape index (κ1) is 10.0. The van der Waals surface area contributed by atoms with Crippen molar-refractivity contribution in [3.05, 3.63) is 12.7 Å². The molecule has 2 radical (unpaired) electrons. The van der Waals surface area contributed by atoms with Crippen molar-refractivity contribution in [1.82, 2.24) is 0 Å². The van der Waals surface area contributed by atoms with Crippen molar-refractivity contribution in [2.75, 3.05) is 0 Å². The zero-order valence-electron chi connectivity index (χ0n) is 4.57. The summed E-state index contributed by atoms with van der Waals surface area (Å²) < 4.78 is 0. The Hall–Kier alpha value is 1.91. The fraction of sp³-hybridized carbons (Fsp3) is 0.333. The molecule has 0 N–H and O–H groups in total. The van der Waals surface area contributed by atoms with E-state index in [-0.39, 0.29) is 52.8 Å². The molecule has 0 aliphatic rings. The van der Waals surface area contributed by atoms with Crippen molar-refractivity contribution in [3.8, 4) is 0 Å². The fourth-order valence-electron chi connectivity index (χ4n) is 0. The zero-order valence-corrected chi connectivity index (χ0v) is 7.85. The van der Waals surface area contributed by atoms with Crippen LogP contribution in [-0.4, -0.2) is 16.3 Å². The van der Waals surface area contributed by atoms with E-state index < -0.39 is 0 Å². The third-order valence-electron chi connectivity index (χ3n) is 0.167. The molecule has 0 aromatic carbocycles. The molecule has 0 amide bonds. The smallest absolute Gasteiger partial charge is 1.00 e. The number of hydrogen-bond acceptors (Lipinski definition) is 0. The average molecular weight is 108 g/mol. The SMILES string of the molecule is C=C[CH2][Al].[H-].[K+]. The summed E-state index contributed by atoms with van der Waals surface area (Å²) in [4.78, 5) is 0. The van der Waals surface area contributed by atoms with Gasteiger partial charge in [-0.2, -0.15) is 0 Å². The molecular formula is C3H6AlK. The molecule has 0 aliphatic carbocycles. The van der Waals surface area contributed by atoms with Crippen molar-refractivity contribution in [1.29, 1.82) is 0 Å². The van der Waals surface area contributed by atoms with Gasteiger partial charge in [0, 0.05) is 0 Å². The predicted octanol–water partition coefficient (Wildman–Crippen LogP) is -2.12. The van der Waals surface area contributed by atoms with Crippen LogP contribution in [0.2, 0.25) is 5.28 Å². The van der Waals surface area contributed by atoms with Crippen LogP contribution in [-0.2, 0) is 0 Å². The molecule has 0 bridgehead atoms. The minimum atomic E-state index is 0. The topological polar surface area (TPSA) is 0 Å². The molecule has 0 atom stereocenters. The Morgan fingerprint density at radius 1 is 2.00 bits per heavy atom. The van der Waals surface area contributed by atoms with Crippen LogP contribution in [0.5, 0.6) is 0 Å². The van der Waals surface area contributed by atoms with Gasteiger partial charge in [-0.1, -0.05) is 0 Å². The molecule has 0 nitrogen and oxygen atoms in total. The number of allylic oxidation sites excluding steroid dienone is 1. The number of rotatable bonds is 1. The monoisotopic (exact) mass is 108 g/mol. The van der Waals surface area contributed by atoms with E-state index in [0.29, 0.717) is 0 Å². The Morgan fingerprint density at radius 3 is 2.20 bits per heavy atom. The second kappa shape index (κ2) is 9.32. The second-order valence-corrected chi connectivity index (χ2v) is 0.996. The van der Waals surface area contributed by atoms with Crippen LogP contribution in [0.15, 0.2) is 12.7 Å². The van der Waals surface area contributed by atoms with E-state index in [9.17, 15) is 0 Å². The Kier molecular flexibility index (Phi) is 18.7. The van der Waals surface area contributed by atoms with Crippen molar-refractivity contribution in [3.63, 3.8) is 0 Å². The van der Waals surface area contributed by atoms with Gasteiger partial charge in [-0.15, -0.1) is 17.9 Å². The van der Waals surface area contributed by atoms with E-state index in [0.717, 1.165) is 5.28 Å². The molecule has 0 saturated heterocycles. The van der Waals surface area contributed by atoms with Gasteiger partial charge in [0.2, 0.25) is 0 Å². The van der Waals surface area contributed by atoms with Crippen LogP contribution < -0.4 is 51.4 Å². The summed E-state index contributed by atoms with van der Waals surface area (Å²) in [6.07, 6.45) is 1.84. The fourth-order valence-corrected chi connectivity index (χ4v) is 0. The molecule has 0 saturated carbocycles. The third-order valence-corrected chi connectivity index (χ3v) is 0.500. The van der Waals surface area contributed by atoms with Gasteiger partial charge in [0.05, 0.1) is 0 Å². The van der Waals surface area contributed by atoms with Gasteiger partial charge in [-0.25, -0.2) is 0 Å². The molecule has 22 valence electrons. The first-order valence-corrected chi connectivity index (χ1v) is 2.04. The van der Waals surface area contributed by atoms with Crippen molar-refractivity contribution in [2.24, 2.45) is 0 Å². The van der Waals surface area contributed by atoms with Gasteiger partial charge in [0.1, 0.15) is 16.3 Å². The Morgan fingerprint density at radius 2 is 2.20 bits per heavy atom. The maximum atomic E-state index is 3.46. The van der Waals surface area contributed by atoms with Crippen LogP contribution in [0.25, 0.3) is 0 Å². The molecule has 0 unspecified atom stereocenters. The quantitative estimate of drug-likeness (QED) is 0.266. The minimum absolute atomic E-state index is 0. The summed E-state index contributed by atoms with van der Waals surface area (Å²) >= 11 is 2.54. The van der Waals surface area contributed by atoms with Crippen molar-refractivity contribution in [2.45, 2.75) is 5.28 Å². The molecular weight excluding hydrogens is 102 g/mol. The maximum absolute atomic E-state index is 3.46. The van der Waals surface area contributed by atoms with Gasteiger partial charge >= 0.3 is 51.4 Å².